The van der Waals surface area contributed by atoms with E-state index in [2.05, 4.69) is 4.74 Å². The van der Waals surface area contributed by atoms with Crippen LogP contribution in [0.25, 0.3) is 0 Å². The summed E-state index contributed by atoms with van der Waals surface area (Å²) in [6.45, 7) is 0.0304. The first-order valence-electron chi connectivity index (χ1n) is 7.31. The summed E-state index contributed by atoms with van der Waals surface area (Å²) in [5.41, 5.74) is 0.800. The van der Waals surface area contributed by atoms with Crippen LogP contribution in [0.1, 0.15) is 18.4 Å². The SMILES string of the molecule is COC(=O)C1CCC(C(=O)O)N(C(=O)OCc2ccccc2)C1. The molecule has 1 aliphatic heterocycles. The zero-order chi connectivity index (χ0) is 16.8. The summed E-state index contributed by atoms with van der Waals surface area (Å²) in [4.78, 5) is 36.3. The number of piperidine rings is 1. The number of methoxy groups -OCH3 is 1. The Labute approximate surface area is 133 Å². The minimum Gasteiger partial charge on any atom is -0.480 e. The standard InChI is InChI=1S/C16H19NO6/c1-22-15(20)12-7-8-13(14(18)19)17(9-12)16(21)23-10-11-5-3-2-4-6-11/h2-6,12-13H,7-10H2,1H3,(H,18,19). The molecule has 2 unspecified atom stereocenters. The molecule has 1 saturated heterocycles. The molecule has 1 heterocycles. The van der Waals surface area contributed by atoms with Crippen molar-refractivity contribution >= 4 is 18.0 Å². The molecule has 0 bridgehead atoms. The number of carbonyl (C=O) groups excluding carboxylic acids is 2. The van der Waals surface area contributed by atoms with Crippen molar-refractivity contribution in [2.24, 2.45) is 5.92 Å². The fourth-order valence-corrected chi connectivity index (χ4v) is 2.59. The number of amides is 1. The van der Waals surface area contributed by atoms with Crippen LogP contribution in [0, 0.1) is 5.92 Å². The maximum Gasteiger partial charge on any atom is 0.410 e. The van der Waals surface area contributed by atoms with Crippen molar-refractivity contribution in [3.05, 3.63) is 35.9 Å². The molecule has 124 valence electrons. The Kier molecular flexibility index (Phi) is 5.56. The van der Waals surface area contributed by atoms with Crippen LogP contribution < -0.4 is 0 Å². The number of esters is 1. The van der Waals surface area contributed by atoms with Crippen molar-refractivity contribution < 1.29 is 29.0 Å². The Morgan fingerprint density at radius 2 is 1.91 bits per heavy atom. The zero-order valence-electron chi connectivity index (χ0n) is 12.8. The number of carboxylic acid groups (broad SMARTS) is 1. The summed E-state index contributed by atoms with van der Waals surface area (Å²) in [6.07, 6.45) is -0.184. The lowest BCUT2D eigenvalue weighted by atomic mass is 9.93. The normalized spacial score (nSPS) is 20.7. The van der Waals surface area contributed by atoms with Gasteiger partial charge >= 0.3 is 18.0 Å². The molecule has 1 amide bonds. The number of nitrogens with zero attached hydrogens (tertiary/aromatic N) is 1. The minimum absolute atomic E-state index is 0.0166. The summed E-state index contributed by atoms with van der Waals surface area (Å²) >= 11 is 0. The van der Waals surface area contributed by atoms with E-state index in [0.29, 0.717) is 6.42 Å². The Morgan fingerprint density at radius 3 is 2.52 bits per heavy atom. The molecule has 0 aliphatic carbocycles. The van der Waals surface area contributed by atoms with Gasteiger partial charge in [0.1, 0.15) is 12.6 Å². The summed E-state index contributed by atoms with van der Waals surface area (Å²) in [5, 5.41) is 9.26. The van der Waals surface area contributed by atoms with E-state index in [1.165, 1.54) is 7.11 Å². The lowest BCUT2D eigenvalue weighted by molar-refractivity contribution is -0.152. The number of rotatable bonds is 4. The third-order valence-corrected chi connectivity index (χ3v) is 3.84. The third kappa shape index (κ3) is 4.21. The molecular formula is C16H19NO6. The molecule has 0 spiro atoms. The second-order valence-electron chi connectivity index (χ2n) is 5.34. The van der Waals surface area contributed by atoms with Crippen LogP contribution in [-0.4, -0.2) is 47.7 Å². The Balaban J connectivity index is 2.03. The molecule has 2 atom stereocenters. The second-order valence-corrected chi connectivity index (χ2v) is 5.34. The van der Waals surface area contributed by atoms with E-state index >= 15 is 0 Å². The average molecular weight is 321 g/mol. The highest BCUT2D eigenvalue weighted by atomic mass is 16.6. The smallest absolute Gasteiger partial charge is 0.410 e. The fourth-order valence-electron chi connectivity index (χ4n) is 2.59. The van der Waals surface area contributed by atoms with Gasteiger partial charge in [0.15, 0.2) is 0 Å². The lowest BCUT2D eigenvalue weighted by Gasteiger charge is -2.35. The summed E-state index contributed by atoms with van der Waals surface area (Å²) < 4.78 is 9.86. The van der Waals surface area contributed by atoms with Gasteiger partial charge in [-0.15, -0.1) is 0 Å². The van der Waals surface area contributed by atoms with Crippen molar-refractivity contribution in [1.82, 2.24) is 4.90 Å². The molecule has 7 heteroatoms. The Morgan fingerprint density at radius 1 is 1.22 bits per heavy atom. The molecule has 0 aromatic heterocycles. The number of aliphatic carboxylic acids is 1. The quantitative estimate of drug-likeness (QED) is 0.848. The van der Waals surface area contributed by atoms with E-state index in [-0.39, 0.29) is 19.6 Å². The number of ether oxygens (including phenoxy) is 2. The molecule has 0 saturated carbocycles. The van der Waals surface area contributed by atoms with Gasteiger partial charge in [0, 0.05) is 6.54 Å². The predicted octanol–water partition coefficient (Wildman–Crippen LogP) is 1.66. The van der Waals surface area contributed by atoms with Gasteiger partial charge in [0.25, 0.3) is 0 Å². The highest BCUT2D eigenvalue weighted by molar-refractivity contribution is 5.82. The maximum atomic E-state index is 12.2. The fraction of sp³-hybridized carbons (Fsp3) is 0.438. The molecule has 0 radical (unpaired) electrons. The Hall–Kier alpha value is -2.57. The number of likely N-dealkylation sites (tertiary alicyclic amines) is 1. The second kappa shape index (κ2) is 7.62. The van der Waals surface area contributed by atoms with Crippen LogP contribution in [0.3, 0.4) is 0 Å². The topological polar surface area (TPSA) is 93.1 Å². The van der Waals surface area contributed by atoms with Crippen molar-refractivity contribution in [2.75, 3.05) is 13.7 Å². The van der Waals surface area contributed by atoms with Crippen LogP contribution in [0.2, 0.25) is 0 Å². The third-order valence-electron chi connectivity index (χ3n) is 3.84. The van der Waals surface area contributed by atoms with Crippen molar-refractivity contribution in [2.45, 2.75) is 25.5 Å². The van der Waals surface area contributed by atoms with Gasteiger partial charge in [0.2, 0.25) is 0 Å². The largest absolute Gasteiger partial charge is 0.480 e. The van der Waals surface area contributed by atoms with E-state index in [1.54, 1.807) is 12.1 Å². The van der Waals surface area contributed by atoms with E-state index < -0.39 is 30.0 Å². The Bertz CT molecular complexity index is 573. The van der Waals surface area contributed by atoms with Crippen LogP contribution in [-0.2, 0) is 25.7 Å². The van der Waals surface area contributed by atoms with Crippen LogP contribution in [0.5, 0.6) is 0 Å². The van der Waals surface area contributed by atoms with Gasteiger partial charge in [0.05, 0.1) is 13.0 Å². The van der Waals surface area contributed by atoms with Crippen LogP contribution >= 0.6 is 0 Å². The number of carbonyl (C=O) groups is 3. The molecule has 7 nitrogen and oxygen atoms in total. The number of carboxylic acids is 1. The summed E-state index contributed by atoms with van der Waals surface area (Å²) in [5.74, 6) is -2.08. The van der Waals surface area contributed by atoms with Crippen molar-refractivity contribution in [1.29, 1.82) is 0 Å². The number of benzene rings is 1. The average Bonchev–Trinajstić information content (AvgIpc) is 2.59. The van der Waals surface area contributed by atoms with E-state index in [1.807, 2.05) is 18.2 Å². The summed E-state index contributed by atoms with van der Waals surface area (Å²) in [7, 11) is 1.27. The first kappa shape index (κ1) is 16.8. The van der Waals surface area contributed by atoms with E-state index in [0.717, 1.165) is 10.5 Å². The van der Waals surface area contributed by atoms with Gasteiger partial charge in [-0.05, 0) is 18.4 Å². The number of hydrogen-bond donors (Lipinski definition) is 1. The first-order chi connectivity index (χ1) is 11.0. The monoisotopic (exact) mass is 321 g/mol. The molecule has 1 aromatic rings. The molecule has 2 rings (SSSR count). The molecule has 1 aromatic carbocycles. The van der Waals surface area contributed by atoms with E-state index in [4.69, 9.17) is 4.74 Å². The highest BCUT2D eigenvalue weighted by Crippen LogP contribution is 2.24. The van der Waals surface area contributed by atoms with Crippen LogP contribution in [0.4, 0.5) is 4.79 Å². The molecular weight excluding hydrogens is 302 g/mol. The summed E-state index contributed by atoms with van der Waals surface area (Å²) in [6, 6.07) is 8.09. The van der Waals surface area contributed by atoms with Gasteiger partial charge in [-0.3, -0.25) is 9.69 Å². The minimum atomic E-state index is -1.11. The van der Waals surface area contributed by atoms with Gasteiger partial charge in [-0.25, -0.2) is 9.59 Å². The zero-order valence-corrected chi connectivity index (χ0v) is 12.8. The molecule has 1 aliphatic rings. The van der Waals surface area contributed by atoms with E-state index in [9.17, 15) is 19.5 Å². The molecule has 1 fully saturated rings. The lowest BCUT2D eigenvalue weighted by Crippen LogP contribution is -2.52. The molecule has 1 N–H and O–H groups in total. The van der Waals surface area contributed by atoms with Crippen LogP contribution in [0.15, 0.2) is 30.3 Å². The highest BCUT2D eigenvalue weighted by Gasteiger charge is 2.39. The first-order valence-corrected chi connectivity index (χ1v) is 7.31. The van der Waals surface area contributed by atoms with Gasteiger partial charge < -0.3 is 14.6 Å². The predicted molar refractivity (Wildman–Crippen MR) is 79.5 cm³/mol. The maximum absolute atomic E-state index is 12.2. The van der Waals surface area contributed by atoms with Crippen molar-refractivity contribution in [3.8, 4) is 0 Å². The number of hydrogen-bond acceptors (Lipinski definition) is 5. The van der Waals surface area contributed by atoms with Gasteiger partial charge in [-0.1, -0.05) is 30.3 Å². The molecule has 23 heavy (non-hydrogen) atoms. The van der Waals surface area contributed by atoms with Crippen molar-refractivity contribution in [3.63, 3.8) is 0 Å². The van der Waals surface area contributed by atoms with Gasteiger partial charge in [-0.2, -0.15) is 0 Å².